The zero-order valence-electron chi connectivity index (χ0n) is 12.2. The number of benzene rings is 2. The summed E-state index contributed by atoms with van der Waals surface area (Å²) in [5, 5.41) is 0. The third-order valence-electron chi connectivity index (χ3n) is 3.22. The maximum atomic E-state index is 12.6. The molecule has 21 heavy (non-hydrogen) atoms. The molecule has 0 fully saturated rings. The van der Waals surface area contributed by atoms with Crippen LogP contribution >= 0.6 is 0 Å². The molecule has 1 amide bonds. The second-order valence-electron chi connectivity index (χ2n) is 4.86. The molecule has 0 radical (unpaired) electrons. The number of nitrogens with zero attached hydrogens (tertiary/aromatic N) is 1. The van der Waals surface area contributed by atoms with Gasteiger partial charge in [0.05, 0.1) is 5.69 Å². The van der Waals surface area contributed by atoms with E-state index >= 15 is 0 Å². The van der Waals surface area contributed by atoms with Crippen molar-refractivity contribution in [3.05, 3.63) is 77.9 Å². The average Bonchev–Trinajstić information content (AvgIpc) is 2.53. The molecule has 0 aromatic heterocycles. The molecule has 2 aromatic rings. The summed E-state index contributed by atoms with van der Waals surface area (Å²) in [6.07, 6.45) is 0. The van der Waals surface area contributed by atoms with E-state index in [1.165, 1.54) is 4.90 Å². The Kier molecular flexibility index (Phi) is 4.33. The third-order valence-corrected chi connectivity index (χ3v) is 3.22. The molecule has 3 heteroatoms. The lowest BCUT2D eigenvalue weighted by Gasteiger charge is -2.20. The van der Waals surface area contributed by atoms with Gasteiger partial charge in [0.25, 0.3) is 5.91 Å². The molecule has 0 atom stereocenters. The number of ketones is 1. The first-order valence-electron chi connectivity index (χ1n) is 6.64. The SMILES string of the molecule is C=C(C)C(=O)N(C)c1ccccc1C(=O)c1ccccc1. The summed E-state index contributed by atoms with van der Waals surface area (Å²) in [6, 6.07) is 16.1. The van der Waals surface area contributed by atoms with E-state index in [1.807, 2.05) is 18.2 Å². The van der Waals surface area contributed by atoms with Crippen LogP contribution in [-0.4, -0.2) is 18.7 Å². The van der Waals surface area contributed by atoms with Gasteiger partial charge in [0.1, 0.15) is 0 Å². The van der Waals surface area contributed by atoms with Gasteiger partial charge >= 0.3 is 0 Å². The van der Waals surface area contributed by atoms with Crippen LogP contribution in [0.1, 0.15) is 22.8 Å². The van der Waals surface area contributed by atoms with E-state index in [0.29, 0.717) is 22.4 Å². The van der Waals surface area contributed by atoms with Crippen LogP contribution in [0.4, 0.5) is 5.69 Å². The number of carbonyl (C=O) groups excluding carboxylic acids is 2. The van der Waals surface area contributed by atoms with Crippen LogP contribution in [-0.2, 0) is 4.79 Å². The van der Waals surface area contributed by atoms with Gasteiger partial charge in [-0.15, -0.1) is 0 Å². The Morgan fingerprint density at radius 3 is 2.14 bits per heavy atom. The summed E-state index contributed by atoms with van der Waals surface area (Å²) in [5.41, 5.74) is 2.11. The van der Waals surface area contributed by atoms with Crippen LogP contribution in [0.3, 0.4) is 0 Å². The quantitative estimate of drug-likeness (QED) is 0.635. The molecule has 0 aliphatic carbocycles. The fraction of sp³-hybridized carbons (Fsp3) is 0.111. The topological polar surface area (TPSA) is 37.4 Å². The van der Waals surface area contributed by atoms with Crippen LogP contribution in [0.25, 0.3) is 0 Å². The molecular formula is C18H17NO2. The summed E-state index contributed by atoms with van der Waals surface area (Å²) in [4.78, 5) is 26.1. The Bertz CT molecular complexity index is 689. The van der Waals surface area contributed by atoms with Crippen LogP contribution in [0.2, 0.25) is 0 Å². The highest BCUT2D eigenvalue weighted by atomic mass is 16.2. The Morgan fingerprint density at radius 2 is 1.52 bits per heavy atom. The minimum absolute atomic E-state index is 0.104. The first-order chi connectivity index (χ1) is 10.0. The van der Waals surface area contributed by atoms with Gasteiger partial charge < -0.3 is 4.90 Å². The molecule has 0 N–H and O–H groups in total. The maximum absolute atomic E-state index is 12.6. The Hall–Kier alpha value is -2.68. The fourth-order valence-electron chi connectivity index (χ4n) is 2.10. The molecule has 0 unspecified atom stereocenters. The number of amides is 1. The number of rotatable bonds is 4. The van der Waals surface area contributed by atoms with Crippen molar-refractivity contribution in [1.82, 2.24) is 0 Å². The molecule has 0 saturated heterocycles. The van der Waals surface area contributed by atoms with Gasteiger partial charge in [-0.25, -0.2) is 0 Å². The molecular weight excluding hydrogens is 262 g/mol. The van der Waals surface area contributed by atoms with E-state index in [2.05, 4.69) is 6.58 Å². The van der Waals surface area contributed by atoms with Crippen LogP contribution in [0.15, 0.2) is 66.7 Å². The van der Waals surface area contributed by atoms with Crippen molar-refractivity contribution >= 4 is 17.4 Å². The van der Waals surface area contributed by atoms with Crippen molar-refractivity contribution in [2.75, 3.05) is 11.9 Å². The predicted octanol–water partition coefficient (Wildman–Crippen LogP) is 3.46. The molecule has 106 valence electrons. The van der Waals surface area contributed by atoms with Gasteiger partial charge in [-0.2, -0.15) is 0 Å². The molecule has 0 spiro atoms. The van der Waals surface area contributed by atoms with Gasteiger partial charge in [0.15, 0.2) is 5.78 Å². The zero-order chi connectivity index (χ0) is 15.4. The number of anilines is 1. The molecule has 3 nitrogen and oxygen atoms in total. The van der Waals surface area contributed by atoms with Crippen molar-refractivity contribution in [3.8, 4) is 0 Å². The minimum atomic E-state index is -0.205. The maximum Gasteiger partial charge on any atom is 0.253 e. The van der Waals surface area contributed by atoms with Crippen LogP contribution in [0.5, 0.6) is 0 Å². The number of para-hydroxylation sites is 1. The Balaban J connectivity index is 2.45. The second kappa shape index (κ2) is 6.18. The van der Waals surface area contributed by atoms with E-state index in [0.717, 1.165) is 0 Å². The van der Waals surface area contributed by atoms with E-state index in [1.54, 1.807) is 50.4 Å². The Morgan fingerprint density at radius 1 is 0.952 bits per heavy atom. The van der Waals surface area contributed by atoms with Gasteiger partial charge in [0, 0.05) is 23.7 Å². The first-order valence-corrected chi connectivity index (χ1v) is 6.64. The number of carbonyl (C=O) groups is 2. The summed E-state index contributed by atoms with van der Waals surface area (Å²) >= 11 is 0. The number of hydrogen-bond acceptors (Lipinski definition) is 2. The highest BCUT2D eigenvalue weighted by Crippen LogP contribution is 2.23. The fourth-order valence-corrected chi connectivity index (χ4v) is 2.10. The zero-order valence-corrected chi connectivity index (χ0v) is 12.2. The average molecular weight is 279 g/mol. The van der Waals surface area contributed by atoms with Crippen molar-refractivity contribution in [2.24, 2.45) is 0 Å². The van der Waals surface area contributed by atoms with Crippen LogP contribution in [0, 0.1) is 0 Å². The van der Waals surface area contributed by atoms with Gasteiger partial charge in [0.2, 0.25) is 0 Å². The molecule has 0 aliphatic heterocycles. The van der Waals surface area contributed by atoms with E-state index in [9.17, 15) is 9.59 Å². The van der Waals surface area contributed by atoms with E-state index in [-0.39, 0.29) is 11.7 Å². The summed E-state index contributed by atoms with van der Waals surface area (Å²) in [5.74, 6) is -0.309. The molecule has 0 saturated carbocycles. The van der Waals surface area contributed by atoms with Crippen molar-refractivity contribution in [3.63, 3.8) is 0 Å². The normalized spacial score (nSPS) is 10.0. The molecule has 0 aliphatic rings. The number of likely N-dealkylation sites (N-methyl/N-ethyl adjacent to an activating group) is 1. The van der Waals surface area contributed by atoms with E-state index in [4.69, 9.17) is 0 Å². The number of hydrogen-bond donors (Lipinski definition) is 0. The summed E-state index contributed by atoms with van der Waals surface area (Å²) in [6.45, 7) is 5.31. The lowest BCUT2D eigenvalue weighted by molar-refractivity contribution is -0.114. The standard InChI is InChI=1S/C18H17NO2/c1-13(2)18(21)19(3)16-12-8-7-11-15(16)17(20)14-9-5-4-6-10-14/h4-12H,1H2,2-3H3. The van der Waals surface area contributed by atoms with Gasteiger partial charge in [-0.1, -0.05) is 49.0 Å². The molecule has 2 rings (SSSR count). The Labute approximate surface area is 124 Å². The smallest absolute Gasteiger partial charge is 0.253 e. The minimum Gasteiger partial charge on any atom is -0.311 e. The molecule has 2 aromatic carbocycles. The summed E-state index contributed by atoms with van der Waals surface area (Å²) < 4.78 is 0. The first kappa shape index (κ1) is 14.7. The van der Waals surface area contributed by atoms with Gasteiger partial charge in [-0.05, 0) is 19.1 Å². The molecule has 0 heterocycles. The lowest BCUT2D eigenvalue weighted by Crippen LogP contribution is -2.28. The van der Waals surface area contributed by atoms with Gasteiger partial charge in [-0.3, -0.25) is 9.59 Å². The van der Waals surface area contributed by atoms with Crippen LogP contribution < -0.4 is 4.90 Å². The third kappa shape index (κ3) is 3.08. The van der Waals surface area contributed by atoms with Crippen molar-refractivity contribution < 1.29 is 9.59 Å². The predicted molar refractivity (Wildman–Crippen MR) is 84.5 cm³/mol. The largest absolute Gasteiger partial charge is 0.311 e. The van der Waals surface area contributed by atoms with Crippen molar-refractivity contribution in [1.29, 1.82) is 0 Å². The monoisotopic (exact) mass is 279 g/mol. The summed E-state index contributed by atoms with van der Waals surface area (Å²) in [7, 11) is 1.65. The van der Waals surface area contributed by atoms with E-state index < -0.39 is 0 Å². The van der Waals surface area contributed by atoms with Crippen molar-refractivity contribution in [2.45, 2.75) is 6.92 Å². The second-order valence-corrected chi connectivity index (χ2v) is 4.86. The highest BCUT2D eigenvalue weighted by Gasteiger charge is 2.19. The molecule has 0 bridgehead atoms. The highest BCUT2D eigenvalue weighted by molar-refractivity contribution is 6.15. The lowest BCUT2D eigenvalue weighted by atomic mass is 10.0.